The minimum atomic E-state index is -3.89. The number of aromatic nitrogens is 4. The summed E-state index contributed by atoms with van der Waals surface area (Å²) in [4.78, 5) is 12.2. The number of nitrogens with one attached hydrogen (secondary N) is 2. The van der Waals surface area contributed by atoms with Gasteiger partial charge in [0.2, 0.25) is 9.84 Å². The van der Waals surface area contributed by atoms with E-state index in [1.807, 2.05) is 10.6 Å². The number of aliphatic hydroxyl groups excluding tert-OH is 1. The fourth-order valence-corrected chi connectivity index (χ4v) is 5.42. The van der Waals surface area contributed by atoms with E-state index in [0.717, 1.165) is 24.9 Å². The molecule has 0 saturated carbocycles. The Labute approximate surface area is 167 Å². The van der Waals surface area contributed by atoms with Gasteiger partial charge in [0.25, 0.3) is 0 Å². The number of rotatable bonds is 4. The summed E-state index contributed by atoms with van der Waals surface area (Å²) in [5.74, 6) is 0.453. The molecule has 1 unspecified atom stereocenters. The number of sulfone groups is 1. The molecular formula is C20H21N5O3S. The Hall–Kier alpha value is -2.75. The van der Waals surface area contributed by atoms with Crippen molar-refractivity contribution in [2.45, 2.75) is 35.4 Å². The third-order valence-electron chi connectivity index (χ3n) is 5.42. The van der Waals surface area contributed by atoms with Crippen LogP contribution in [-0.2, 0) is 9.84 Å². The number of hydrogen-bond donors (Lipinski definition) is 3. The Balaban J connectivity index is 1.90. The van der Waals surface area contributed by atoms with Crippen molar-refractivity contribution < 1.29 is 13.5 Å². The minimum absolute atomic E-state index is 0.0809. The fourth-order valence-electron chi connectivity index (χ4n) is 4.08. The first-order valence-electron chi connectivity index (χ1n) is 9.56. The molecule has 0 amide bonds. The van der Waals surface area contributed by atoms with Gasteiger partial charge in [0.1, 0.15) is 23.1 Å². The maximum atomic E-state index is 13.4. The molecule has 150 valence electrons. The van der Waals surface area contributed by atoms with E-state index in [9.17, 15) is 13.5 Å². The summed E-state index contributed by atoms with van der Waals surface area (Å²) in [5.41, 5.74) is 1.47. The zero-order chi connectivity index (χ0) is 20.2. The van der Waals surface area contributed by atoms with Crippen molar-refractivity contribution in [3.8, 4) is 0 Å². The van der Waals surface area contributed by atoms with Crippen molar-refractivity contribution in [3.05, 3.63) is 48.4 Å². The number of hydrogen-bond acceptors (Lipinski definition) is 6. The van der Waals surface area contributed by atoms with Gasteiger partial charge in [-0.1, -0.05) is 18.2 Å². The predicted molar refractivity (Wildman–Crippen MR) is 108 cm³/mol. The minimum Gasteiger partial charge on any atom is -0.385 e. The zero-order valence-corrected chi connectivity index (χ0v) is 16.6. The molecule has 1 aliphatic heterocycles. The molecular weight excluding hydrogens is 390 g/mol. The van der Waals surface area contributed by atoms with Gasteiger partial charge in [-0.3, -0.25) is 0 Å². The SMILES string of the molecule is C[C@@H](O)c1nc2c(S(=O)(=O)c3ccccc3)nc3[nH]ccc3c2n1C1CCNC1. The fraction of sp³-hybridized carbons (Fsp3) is 0.300. The molecule has 29 heavy (non-hydrogen) atoms. The van der Waals surface area contributed by atoms with Gasteiger partial charge >= 0.3 is 0 Å². The van der Waals surface area contributed by atoms with Gasteiger partial charge in [-0.2, -0.15) is 0 Å². The molecule has 0 aliphatic carbocycles. The monoisotopic (exact) mass is 411 g/mol. The van der Waals surface area contributed by atoms with E-state index in [2.05, 4.69) is 20.3 Å². The highest BCUT2D eigenvalue weighted by Crippen LogP contribution is 2.36. The number of imidazole rings is 1. The van der Waals surface area contributed by atoms with E-state index >= 15 is 0 Å². The number of H-pyrrole nitrogens is 1. The summed E-state index contributed by atoms with van der Waals surface area (Å²) in [7, 11) is -3.89. The Bertz CT molecular complexity index is 1300. The molecule has 1 aromatic carbocycles. The number of aromatic amines is 1. The van der Waals surface area contributed by atoms with Gasteiger partial charge in [-0.05, 0) is 38.1 Å². The standard InChI is InChI=1S/C20H21N5O3S/c1-12(26)19-23-16-17(25(19)13-7-9-21-11-13)15-8-10-22-18(15)24-20(16)29(27,28)14-5-3-2-4-6-14/h2-6,8,10,12-13,21,26H,7,9,11H2,1H3,(H,22,24)/t12-,13?/m1/s1. The van der Waals surface area contributed by atoms with Gasteiger partial charge in [-0.15, -0.1) is 0 Å². The molecule has 0 radical (unpaired) electrons. The van der Waals surface area contributed by atoms with E-state index < -0.39 is 15.9 Å². The van der Waals surface area contributed by atoms with Crippen LogP contribution >= 0.6 is 0 Å². The van der Waals surface area contributed by atoms with Crippen LogP contribution in [0.1, 0.15) is 31.3 Å². The van der Waals surface area contributed by atoms with Crippen molar-refractivity contribution >= 4 is 31.9 Å². The van der Waals surface area contributed by atoms with Gasteiger partial charge in [0.05, 0.1) is 10.4 Å². The number of nitrogens with zero attached hydrogens (tertiary/aromatic N) is 3. The summed E-state index contributed by atoms with van der Waals surface area (Å²) < 4.78 is 28.8. The summed E-state index contributed by atoms with van der Waals surface area (Å²) in [5, 5.41) is 14.4. The summed E-state index contributed by atoms with van der Waals surface area (Å²) >= 11 is 0. The van der Waals surface area contributed by atoms with Crippen LogP contribution in [0.5, 0.6) is 0 Å². The second kappa shape index (κ2) is 6.65. The van der Waals surface area contributed by atoms with Crippen molar-refractivity contribution in [2.24, 2.45) is 0 Å². The van der Waals surface area contributed by atoms with Crippen LogP contribution in [0.25, 0.3) is 22.1 Å². The topological polar surface area (TPSA) is 113 Å². The molecule has 1 fully saturated rings. The molecule has 2 atom stereocenters. The first kappa shape index (κ1) is 18.3. The summed E-state index contributed by atoms with van der Waals surface area (Å²) in [6.45, 7) is 3.24. The number of fused-ring (bicyclic) bond motifs is 3. The van der Waals surface area contributed by atoms with E-state index in [1.54, 1.807) is 43.5 Å². The van der Waals surface area contributed by atoms with Gasteiger partial charge < -0.3 is 20.0 Å². The molecule has 4 heterocycles. The molecule has 1 aliphatic rings. The Kier molecular flexibility index (Phi) is 4.19. The highest BCUT2D eigenvalue weighted by molar-refractivity contribution is 7.91. The van der Waals surface area contributed by atoms with Crippen molar-refractivity contribution in [3.63, 3.8) is 0 Å². The smallest absolute Gasteiger partial charge is 0.226 e. The molecule has 3 aromatic heterocycles. The van der Waals surface area contributed by atoms with Crippen molar-refractivity contribution in [1.82, 2.24) is 24.8 Å². The van der Waals surface area contributed by atoms with Crippen LogP contribution in [0, 0.1) is 0 Å². The Morgan fingerprint density at radius 3 is 2.69 bits per heavy atom. The molecule has 9 heteroatoms. The highest BCUT2D eigenvalue weighted by Gasteiger charge is 2.31. The lowest BCUT2D eigenvalue weighted by molar-refractivity contribution is 0.182. The molecule has 0 spiro atoms. The maximum Gasteiger partial charge on any atom is 0.226 e. The lowest BCUT2D eigenvalue weighted by atomic mass is 10.2. The number of pyridine rings is 1. The third-order valence-corrected chi connectivity index (χ3v) is 7.10. The van der Waals surface area contributed by atoms with E-state index in [0.29, 0.717) is 22.5 Å². The number of benzene rings is 1. The zero-order valence-electron chi connectivity index (χ0n) is 15.8. The van der Waals surface area contributed by atoms with Crippen LogP contribution in [0.2, 0.25) is 0 Å². The van der Waals surface area contributed by atoms with Crippen LogP contribution in [0.4, 0.5) is 0 Å². The van der Waals surface area contributed by atoms with E-state index in [4.69, 9.17) is 0 Å². The normalized spacial score (nSPS) is 18.6. The predicted octanol–water partition coefficient (Wildman–Crippen LogP) is 2.33. The van der Waals surface area contributed by atoms with Gasteiger partial charge in [0.15, 0.2) is 5.03 Å². The van der Waals surface area contributed by atoms with E-state index in [1.165, 1.54) is 0 Å². The van der Waals surface area contributed by atoms with Crippen LogP contribution in [-0.4, -0.2) is 46.1 Å². The first-order chi connectivity index (χ1) is 14.0. The molecule has 1 saturated heterocycles. The van der Waals surface area contributed by atoms with Crippen LogP contribution in [0.3, 0.4) is 0 Å². The first-order valence-corrected chi connectivity index (χ1v) is 11.0. The van der Waals surface area contributed by atoms with Gasteiger partial charge in [0, 0.05) is 24.2 Å². The third kappa shape index (κ3) is 2.77. The highest BCUT2D eigenvalue weighted by atomic mass is 32.2. The Morgan fingerprint density at radius 1 is 1.21 bits per heavy atom. The second-order valence-electron chi connectivity index (χ2n) is 7.33. The van der Waals surface area contributed by atoms with Crippen molar-refractivity contribution in [2.75, 3.05) is 13.1 Å². The molecule has 3 N–H and O–H groups in total. The molecule has 8 nitrogen and oxygen atoms in total. The Morgan fingerprint density at radius 2 is 2.00 bits per heavy atom. The average Bonchev–Trinajstić information content (AvgIpc) is 3.45. The van der Waals surface area contributed by atoms with Crippen LogP contribution < -0.4 is 5.32 Å². The molecule has 0 bridgehead atoms. The largest absolute Gasteiger partial charge is 0.385 e. The lowest BCUT2D eigenvalue weighted by Crippen LogP contribution is -2.17. The molecule has 4 aromatic rings. The maximum absolute atomic E-state index is 13.4. The second-order valence-corrected chi connectivity index (χ2v) is 9.20. The van der Waals surface area contributed by atoms with Crippen LogP contribution in [0.15, 0.2) is 52.5 Å². The van der Waals surface area contributed by atoms with Gasteiger partial charge in [-0.25, -0.2) is 18.4 Å². The quantitative estimate of drug-likeness (QED) is 0.475. The molecule has 5 rings (SSSR count). The summed E-state index contributed by atoms with van der Waals surface area (Å²) in [6.07, 6.45) is 1.77. The van der Waals surface area contributed by atoms with E-state index in [-0.39, 0.29) is 16.0 Å². The average molecular weight is 411 g/mol. The van der Waals surface area contributed by atoms with Crippen molar-refractivity contribution in [1.29, 1.82) is 0 Å². The number of aliphatic hydroxyl groups is 1. The lowest BCUT2D eigenvalue weighted by Gasteiger charge is -2.17. The summed E-state index contributed by atoms with van der Waals surface area (Å²) in [6, 6.07) is 10.2.